The van der Waals surface area contributed by atoms with E-state index in [0.29, 0.717) is 6.42 Å². The van der Waals surface area contributed by atoms with Gasteiger partial charge in [-0.25, -0.2) is 8.78 Å². The summed E-state index contributed by atoms with van der Waals surface area (Å²) in [5.74, 6) is -1.60. The van der Waals surface area contributed by atoms with Gasteiger partial charge in [0.1, 0.15) is 11.6 Å². The van der Waals surface area contributed by atoms with Crippen molar-refractivity contribution in [1.29, 1.82) is 0 Å². The van der Waals surface area contributed by atoms with Crippen LogP contribution in [0.5, 0.6) is 0 Å². The van der Waals surface area contributed by atoms with Crippen LogP contribution in [0.2, 0.25) is 0 Å². The second-order valence-corrected chi connectivity index (χ2v) is 6.86. The quantitative estimate of drug-likeness (QED) is 0.787. The molecular formula is C17H14F2N2O2S. The maximum absolute atomic E-state index is 14.1. The van der Waals surface area contributed by atoms with Crippen LogP contribution in [0, 0.1) is 11.6 Å². The van der Waals surface area contributed by atoms with Crippen LogP contribution in [0.3, 0.4) is 0 Å². The number of hydrogen-bond acceptors (Lipinski definition) is 4. The van der Waals surface area contributed by atoms with E-state index in [1.807, 2.05) is 11.4 Å². The molecule has 1 amide bonds. The number of hydrazone groups is 1. The molecule has 0 radical (unpaired) electrons. The van der Waals surface area contributed by atoms with E-state index in [0.717, 1.165) is 41.5 Å². The normalized spacial score (nSPS) is 22.3. The van der Waals surface area contributed by atoms with Gasteiger partial charge in [-0.3, -0.25) is 4.79 Å². The average Bonchev–Trinajstić information content (AvgIpc) is 3.16. The number of halogens is 2. The minimum atomic E-state index is -1.06. The van der Waals surface area contributed by atoms with E-state index in [4.69, 9.17) is 4.74 Å². The third-order valence-corrected chi connectivity index (χ3v) is 5.32. The van der Waals surface area contributed by atoms with E-state index in [2.05, 4.69) is 5.10 Å². The van der Waals surface area contributed by atoms with Crippen molar-refractivity contribution in [3.8, 4) is 0 Å². The Morgan fingerprint density at radius 1 is 1.38 bits per heavy atom. The van der Waals surface area contributed by atoms with Gasteiger partial charge in [0.2, 0.25) is 17.5 Å². The molecule has 1 unspecified atom stereocenters. The van der Waals surface area contributed by atoms with Crippen molar-refractivity contribution in [1.82, 2.24) is 5.01 Å². The first-order chi connectivity index (χ1) is 11.5. The number of fused-ring (bicyclic) bond motifs is 2. The minimum Gasteiger partial charge on any atom is -0.443 e. The zero-order chi connectivity index (χ0) is 16.9. The van der Waals surface area contributed by atoms with Crippen LogP contribution in [0.1, 0.15) is 35.8 Å². The van der Waals surface area contributed by atoms with Gasteiger partial charge < -0.3 is 4.74 Å². The first kappa shape index (κ1) is 15.3. The fourth-order valence-electron chi connectivity index (χ4n) is 3.32. The van der Waals surface area contributed by atoms with Crippen molar-refractivity contribution in [2.45, 2.75) is 31.9 Å². The lowest BCUT2D eigenvalue weighted by Gasteiger charge is -2.37. The summed E-state index contributed by atoms with van der Waals surface area (Å²) in [5, 5.41) is 7.40. The predicted molar refractivity (Wildman–Crippen MR) is 85.4 cm³/mol. The number of thiophene rings is 1. The van der Waals surface area contributed by atoms with Gasteiger partial charge in [-0.15, -0.1) is 16.4 Å². The lowest BCUT2D eigenvalue weighted by atomic mass is 9.89. The predicted octanol–water partition coefficient (Wildman–Crippen LogP) is 3.76. The highest BCUT2D eigenvalue weighted by atomic mass is 32.1. The zero-order valence-electron chi connectivity index (χ0n) is 12.9. The maximum atomic E-state index is 14.1. The van der Waals surface area contributed by atoms with Crippen LogP contribution >= 0.6 is 11.3 Å². The second-order valence-electron chi connectivity index (χ2n) is 5.86. The second kappa shape index (κ2) is 5.37. The minimum absolute atomic E-state index is 0.0683. The number of carbonyl (C=O) groups excluding carboxylic acids is 1. The highest BCUT2D eigenvalue weighted by Crippen LogP contribution is 2.47. The molecule has 0 N–H and O–H groups in total. The highest BCUT2D eigenvalue weighted by molar-refractivity contribution is 7.10. The fourth-order valence-corrected chi connectivity index (χ4v) is 4.31. The number of rotatable bonds is 1. The van der Waals surface area contributed by atoms with Gasteiger partial charge in [0, 0.05) is 23.8 Å². The number of hydrogen-bond donors (Lipinski definition) is 0. The third kappa shape index (κ3) is 2.15. The summed E-state index contributed by atoms with van der Waals surface area (Å²) in [6, 6.07) is 5.00. The molecule has 2 heterocycles. The van der Waals surface area contributed by atoms with E-state index in [1.165, 1.54) is 11.9 Å². The molecule has 7 heteroatoms. The van der Waals surface area contributed by atoms with Crippen molar-refractivity contribution in [3.63, 3.8) is 0 Å². The zero-order valence-corrected chi connectivity index (χ0v) is 13.7. The smallest absolute Gasteiger partial charge is 0.244 e. The summed E-state index contributed by atoms with van der Waals surface area (Å²) in [4.78, 5) is 13.3. The molecule has 4 rings (SSSR count). The molecule has 1 spiro atoms. The molecule has 1 aliphatic heterocycles. The van der Waals surface area contributed by atoms with Crippen molar-refractivity contribution >= 4 is 23.1 Å². The van der Waals surface area contributed by atoms with Crippen LogP contribution in [-0.2, 0) is 21.7 Å². The van der Waals surface area contributed by atoms with Gasteiger partial charge in [0.05, 0.1) is 5.56 Å². The number of carbonyl (C=O) groups is 1. The van der Waals surface area contributed by atoms with E-state index in [-0.39, 0.29) is 17.4 Å². The van der Waals surface area contributed by atoms with Gasteiger partial charge in [-0.05, 0) is 42.5 Å². The molecule has 0 saturated carbocycles. The molecule has 2 aliphatic rings. The van der Waals surface area contributed by atoms with E-state index < -0.39 is 17.4 Å². The molecule has 1 aromatic heterocycles. The Kier molecular flexibility index (Phi) is 3.42. The monoisotopic (exact) mass is 348 g/mol. The van der Waals surface area contributed by atoms with E-state index in [1.54, 1.807) is 11.3 Å². The summed E-state index contributed by atoms with van der Waals surface area (Å²) >= 11 is 1.60. The van der Waals surface area contributed by atoms with Crippen molar-refractivity contribution < 1.29 is 18.3 Å². The van der Waals surface area contributed by atoms with Crippen molar-refractivity contribution in [2.75, 3.05) is 0 Å². The van der Waals surface area contributed by atoms with Crippen molar-refractivity contribution in [3.05, 3.63) is 57.3 Å². The summed E-state index contributed by atoms with van der Waals surface area (Å²) in [6.45, 7) is 1.39. The Morgan fingerprint density at radius 3 is 3.00 bits per heavy atom. The lowest BCUT2D eigenvalue weighted by molar-refractivity contribution is -0.151. The topological polar surface area (TPSA) is 41.9 Å². The summed E-state index contributed by atoms with van der Waals surface area (Å²) < 4.78 is 33.7. The number of aryl methyl sites for hydroxylation is 1. The Labute approximate surface area is 141 Å². The van der Waals surface area contributed by atoms with Crippen LogP contribution in [0.4, 0.5) is 8.78 Å². The number of ether oxygens (including phenoxy) is 1. The van der Waals surface area contributed by atoms with Crippen LogP contribution in [0.25, 0.3) is 0 Å². The van der Waals surface area contributed by atoms with Crippen LogP contribution < -0.4 is 0 Å². The van der Waals surface area contributed by atoms with Gasteiger partial charge in [0.25, 0.3) is 0 Å². The molecule has 124 valence electrons. The van der Waals surface area contributed by atoms with Gasteiger partial charge in [-0.1, -0.05) is 0 Å². The standard InChI is InChI=1S/C17H14F2N2O2S/c1-10(22)21-17(7-2-3-15-13(17)6-8-24-15)23-16(20-21)12-9-11(18)4-5-14(12)19/h4-6,8-9H,2-3,7H2,1H3. The molecule has 0 bridgehead atoms. The Morgan fingerprint density at radius 2 is 2.21 bits per heavy atom. The van der Waals surface area contributed by atoms with Gasteiger partial charge in [0.15, 0.2) is 0 Å². The van der Waals surface area contributed by atoms with Crippen LogP contribution in [0.15, 0.2) is 34.7 Å². The van der Waals surface area contributed by atoms with E-state index in [9.17, 15) is 13.6 Å². The number of amides is 1. The Hall–Kier alpha value is -2.28. The van der Waals surface area contributed by atoms with Gasteiger partial charge in [-0.2, -0.15) is 5.01 Å². The molecule has 1 atom stereocenters. The SMILES string of the molecule is CC(=O)N1N=C(c2cc(F)ccc2F)OC12CCCc1sccc12. The highest BCUT2D eigenvalue weighted by Gasteiger charge is 2.51. The summed E-state index contributed by atoms with van der Waals surface area (Å²) in [6.07, 6.45) is 2.29. The molecule has 2 aromatic rings. The van der Waals surface area contributed by atoms with Crippen molar-refractivity contribution in [2.24, 2.45) is 5.10 Å². The molecule has 4 nitrogen and oxygen atoms in total. The van der Waals surface area contributed by atoms with Crippen LogP contribution in [-0.4, -0.2) is 16.8 Å². The number of nitrogens with zero attached hydrogens (tertiary/aromatic N) is 2. The summed E-state index contributed by atoms with van der Waals surface area (Å²) in [7, 11) is 0. The average molecular weight is 348 g/mol. The largest absolute Gasteiger partial charge is 0.443 e. The molecular weight excluding hydrogens is 334 g/mol. The summed E-state index contributed by atoms with van der Waals surface area (Å²) in [5.41, 5.74) is -0.266. The molecule has 1 aliphatic carbocycles. The van der Waals surface area contributed by atoms with Gasteiger partial charge >= 0.3 is 0 Å². The molecule has 0 fully saturated rings. The fraction of sp³-hybridized carbons (Fsp3) is 0.294. The first-order valence-corrected chi connectivity index (χ1v) is 8.50. The first-order valence-electron chi connectivity index (χ1n) is 7.62. The third-order valence-electron chi connectivity index (χ3n) is 4.34. The van der Waals surface area contributed by atoms with E-state index >= 15 is 0 Å². The number of benzene rings is 1. The molecule has 24 heavy (non-hydrogen) atoms. The Balaban J connectivity index is 1.84. The Bertz CT molecular complexity index is 864. The molecule has 1 aromatic carbocycles. The molecule has 0 saturated heterocycles. The lowest BCUT2D eigenvalue weighted by Crippen LogP contribution is -2.45. The maximum Gasteiger partial charge on any atom is 0.244 e.